The van der Waals surface area contributed by atoms with Crippen molar-refractivity contribution in [1.29, 1.82) is 0 Å². The summed E-state index contributed by atoms with van der Waals surface area (Å²) < 4.78 is 34.2. The molecule has 2 amide bonds. The van der Waals surface area contributed by atoms with Crippen molar-refractivity contribution in [3.63, 3.8) is 0 Å². The van der Waals surface area contributed by atoms with Crippen molar-refractivity contribution in [1.82, 2.24) is 10.2 Å². The van der Waals surface area contributed by atoms with Gasteiger partial charge in [0, 0.05) is 17.6 Å². The summed E-state index contributed by atoms with van der Waals surface area (Å²) in [7, 11) is -2.63. The van der Waals surface area contributed by atoms with E-state index in [1.165, 1.54) is 24.1 Å². The number of nitrogens with one attached hydrogen (secondary N) is 1. The molecule has 3 rings (SSSR count). The summed E-state index contributed by atoms with van der Waals surface area (Å²) in [4.78, 5) is 28.9. The highest BCUT2D eigenvalue weighted by atomic mass is 35.5. The number of sulfonamides is 1. The van der Waals surface area contributed by atoms with Gasteiger partial charge in [-0.2, -0.15) is 0 Å². The second-order valence-corrected chi connectivity index (χ2v) is 12.2. The zero-order chi connectivity index (χ0) is 30.2. The Labute approximate surface area is 248 Å². The fourth-order valence-electron chi connectivity index (χ4n) is 4.26. The second kappa shape index (κ2) is 14.4. The van der Waals surface area contributed by atoms with Crippen molar-refractivity contribution in [3.8, 4) is 5.75 Å². The predicted octanol–water partition coefficient (Wildman–Crippen LogP) is 5.57. The minimum Gasteiger partial charge on any atom is -0.497 e. The normalized spacial score (nSPS) is 12.7. The van der Waals surface area contributed by atoms with Crippen molar-refractivity contribution in [2.75, 3.05) is 18.0 Å². The highest BCUT2D eigenvalue weighted by Crippen LogP contribution is 2.27. The van der Waals surface area contributed by atoms with Gasteiger partial charge in [-0.3, -0.25) is 13.9 Å². The van der Waals surface area contributed by atoms with Crippen LogP contribution in [0.2, 0.25) is 5.02 Å². The average molecular weight is 600 g/mol. The Hall–Kier alpha value is -3.56. The van der Waals surface area contributed by atoms with Gasteiger partial charge in [-0.15, -0.1) is 0 Å². The molecular formula is C31H38ClN3O5S. The van der Waals surface area contributed by atoms with Gasteiger partial charge in [-0.25, -0.2) is 8.42 Å². The molecule has 0 aliphatic carbocycles. The number of ether oxygens (including phenoxy) is 1. The Balaban J connectivity index is 2.05. The second-order valence-electron chi connectivity index (χ2n) is 9.91. The molecule has 0 unspecified atom stereocenters. The number of rotatable bonds is 13. The molecule has 0 saturated heterocycles. The molecule has 0 saturated carbocycles. The van der Waals surface area contributed by atoms with E-state index in [9.17, 15) is 18.0 Å². The van der Waals surface area contributed by atoms with Gasteiger partial charge in [-0.05, 0) is 80.8 Å². The molecule has 0 radical (unpaired) electrons. The first-order valence-electron chi connectivity index (χ1n) is 13.6. The number of anilines is 1. The van der Waals surface area contributed by atoms with E-state index in [1.807, 2.05) is 27.7 Å². The van der Waals surface area contributed by atoms with Crippen molar-refractivity contribution < 1.29 is 22.7 Å². The SMILES string of the molecule is CC[C@H](C(=O)N[C@@H](C)CC)N(Cc1ccc(Cl)cc1)C(=O)CN(c1ccc(OC)cc1)S(=O)(=O)c1ccc(C)cc1. The maximum Gasteiger partial charge on any atom is 0.264 e. The molecule has 0 bridgehead atoms. The molecule has 0 heterocycles. The van der Waals surface area contributed by atoms with Crippen molar-refractivity contribution in [3.05, 3.63) is 88.9 Å². The standard InChI is InChI=1S/C31H38ClN3O5S/c1-6-23(4)33-31(37)29(7-2)34(20-24-10-12-25(32)13-11-24)30(36)21-35(26-14-16-27(40-5)17-15-26)41(38,39)28-18-8-22(3)9-19-28/h8-19,23,29H,6-7,20-21H2,1-5H3,(H,33,37)/t23-,29+/m0/s1. The first kappa shape index (κ1) is 32.0. The van der Waals surface area contributed by atoms with Crippen LogP contribution in [0.5, 0.6) is 5.75 Å². The molecule has 41 heavy (non-hydrogen) atoms. The average Bonchev–Trinajstić information content (AvgIpc) is 2.96. The van der Waals surface area contributed by atoms with E-state index in [0.29, 0.717) is 22.9 Å². The van der Waals surface area contributed by atoms with E-state index in [4.69, 9.17) is 16.3 Å². The predicted molar refractivity (Wildman–Crippen MR) is 163 cm³/mol. The molecule has 1 N–H and O–H groups in total. The molecule has 3 aromatic rings. The maximum atomic E-state index is 14.1. The van der Waals surface area contributed by atoms with Crippen molar-refractivity contribution >= 4 is 39.1 Å². The molecule has 10 heteroatoms. The van der Waals surface area contributed by atoms with Gasteiger partial charge in [0.25, 0.3) is 10.0 Å². The summed E-state index contributed by atoms with van der Waals surface area (Å²) in [5, 5.41) is 3.51. The molecule has 0 spiro atoms. The summed E-state index contributed by atoms with van der Waals surface area (Å²) in [5.41, 5.74) is 1.96. The lowest BCUT2D eigenvalue weighted by Gasteiger charge is -2.33. The number of hydrogen-bond acceptors (Lipinski definition) is 5. The van der Waals surface area contributed by atoms with Gasteiger partial charge in [0.2, 0.25) is 11.8 Å². The molecule has 2 atom stereocenters. The van der Waals surface area contributed by atoms with Gasteiger partial charge < -0.3 is 15.0 Å². The minimum absolute atomic E-state index is 0.0533. The highest BCUT2D eigenvalue weighted by molar-refractivity contribution is 7.92. The number of aryl methyl sites for hydroxylation is 1. The van der Waals surface area contributed by atoms with Crippen LogP contribution in [-0.4, -0.2) is 50.9 Å². The Morgan fingerprint density at radius 3 is 2.07 bits per heavy atom. The number of hydrogen-bond donors (Lipinski definition) is 1. The summed E-state index contributed by atoms with van der Waals surface area (Å²) >= 11 is 6.07. The van der Waals surface area contributed by atoms with Gasteiger partial charge >= 0.3 is 0 Å². The third-order valence-corrected chi connectivity index (χ3v) is 8.94. The first-order chi connectivity index (χ1) is 19.5. The van der Waals surface area contributed by atoms with Crippen LogP contribution in [0.25, 0.3) is 0 Å². The maximum absolute atomic E-state index is 14.1. The molecule has 0 aliphatic heterocycles. The first-order valence-corrected chi connectivity index (χ1v) is 15.4. The van der Waals surface area contributed by atoms with Crippen LogP contribution in [0.1, 0.15) is 44.7 Å². The molecule has 0 aromatic heterocycles. The molecule has 0 fully saturated rings. The van der Waals surface area contributed by atoms with Crippen LogP contribution in [-0.2, 0) is 26.2 Å². The third-order valence-electron chi connectivity index (χ3n) is 6.90. The lowest BCUT2D eigenvalue weighted by molar-refractivity contribution is -0.140. The number of methoxy groups -OCH3 is 1. The Morgan fingerprint density at radius 2 is 1.54 bits per heavy atom. The van der Waals surface area contributed by atoms with Gasteiger partial charge in [0.05, 0.1) is 17.7 Å². The molecular weight excluding hydrogens is 562 g/mol. The number of halogens is 1. The Morgan fingerprint density at radius 1 is 0.927 bits per heavy atom. The van der Waals surface area contributed by atoms with Gasteiger partial charge in [-0.1, -0.05) is 55.3 Å². The molecule has 3 aromatic carbocycles. The van der Waals surface area contributed by atoms with Gasteiger partial charge in [0.15, 0.2) is 0 Å². The van der Waals surface area contributed by atoms with Crippen LogP contribution in [0.3, 0.4) is 0 Å². The van der Waals surface area contributed by atoms with Crippen molar-refractivity contribution in [2.24, 2.45) is 0 Å². The Kier molecular flexibility index (Phi) is 11.2. The molecule has 0 aliphatic rings. The zero-order valence-electron chi connectivity index (χ0n) is 24.1. The summed E-state index contributed by atoms with van der Waals surface area (Å²) in [6.07, 6.45) is 1.07. The smallest absolute Gasteiger partial charge is 0.264 e. The van der Waals surface area contributed by atoms with Gasteiger partial charge in [0.1, 0.15) is 18.3 Å². The Bertz CT molecular complexity index is 1410. The third kappa shape index (κ3) is 8.24. The van der Waals surface area contributed by atoms with E-state index in [-0.39, 0.29) is 23.4 Å². The van der Waals surface area contributed by atoms with E-state index in [0.717, 1.165) is 21.9 Å². The lowest BCUT2D eigenvalue weighted by Crippen LogP contribution is -2.53. The monoisotopic (exact) mass is 599 g/mol. The summed E-state index contributed by atoms with van der Waals surface area (Å²) in [5.74, 6) is -0.260. The molecule has 8 nitrogen and oxygen atoms in total. The van der Waals surface area contributed by atoms with Crippen LogP contribution in [0.15, 0.2) is 77.7 Å². The summed E-state index contributed by atoms with van der Waals surface area (Å²) in [6, 6.07) is 19.0. The summed E-state index contributed by atoms with van der Waals surface area (Å²) in [6.45, 7) is 7.14. The number of nitrogens with zero attached hydrogens (tertiary/aromatic N) is 2. The largest absolute Gasteiger partial charge is 0.497 e. The number of benzene rings is 3. The number of carbonyl (C=O) groups is 2. The zero-order valence-corrected chi connectivity index (χ0v) is 25.7. The van der Waals surface area contributed by atoms with E-state index in [1.54, 1.807) is 60.7 Å². The molecule has 220 valence electrons. The van der Waals surface area contributed by atoms with Crippen LogP contribution in [0.4, 0.5) is 5.69 Å². The highest BCUT2D eigenvalue weighted by Gasteiger charge is 2.34. The van der Waals surface area contributed by atoms with E-state index < -0.39 is 28.5 Å². The number of carbonyl (C=O) groups excluding carboxylic acids is 2. The quantitative estimate of drug-likeness (QED) is 0.277. The fraction of sp³-hybridized carbons (Fsp3) is 0.355. The van der Waals surface area contributed by atoms with Crippen LogP contribution < -0.4 is 14.4 Å². The minimum atomic E-state index is -4.15. The van der Waals surface area contributed by atoms with E-state index in [2.05, 4.69) is 5.32 Å². The number of amides is 2. The topological polar surface area (TPSA) is 96.0 Å². The van der Waals surface area contributed by atoms with Crippen LogP contribution in [0, 0.1) is 6.92 Å². The lowest BCUT2D eigenvalue weighted by atomic mass is 10.1. The van der Waals surface area contributed by atoms with Crippen molar-refractivity contribution in [2.45, 2.75) is 64.1 Å². The fourth-order valence-corrected chi connectivity index (χ4v) is 5.80. The van der Waals surface area contributed by atoms with Crippen LogP contribution >= 0.6 is 11.6 Å². The van der Waals surface area contributed by atoms with E-state index >= 15 is 0 Å².